The molecule has 0 aromatic rings. The third-order valence-corrected chi connectivity index (χ3v) is 2.79. The Kier molecular flexibility index (Phi) is 5.77. The maximum Gasteiger partial charge on any atom is 0.326 e. The van der Waals surface area contributed by atoms with E-state index in [0.29, 0.717) is 6.54 Å². The van der Waals surface area contributed by atoms with Gasteiger partial charge in [0.25, 0.3) is 0 Å². The van der Waals surface area contributed by atoms with E-state index in [1.54, 1.807) is 10.0 Å². The highest BCUT2D eigenvalue weighted by Gasteiger charge is 2.28. The Morgan fingerprint density at radius 2 is 2.25 bits per heavy atom. The molecule has 2 atom stereocenters. The van der Waals surface area contributed by atoms with Crippen molar-refractivity contribution in [3.05, 3.63) is 0 Å². The lowest BCUT2D eigenvalue weighted by Gasteiger charge is -2.24. The summed E-state index contributed by atoms with van der Waals surface area (Å²) in [5.41, 5.74) is 0. The molecule has 4 nitrogen and oxygen atoms in total. The largest absolute Gasteiger partial charge is 0.468 e. The van der Waals surface area contributed by atoms with E-state index >= 15 is 0 Å². The molecule has 0 aromatic heterocycles. The molecule has 1 N–H and O–H groups in total. The number of esters is 1. The number of halogens is 1. The number of hydrogen-bond acceptors (Lipinski definition) is 4. The first kappa shape index (κ1) is 12.1. The number of carbonyl (C=O) groups excluding carboxylic acids is 1. The molecule has 12 heavy (non-hydrogen) atoms. The minimum absolute atomic E-state index is 0.402. The first-order valence-electron chi connectivity index (χ1n) is 3.72. The van der Waals surface area contributed by atoms with Gasteiger partial charge in [0.15, 0.2) is 0 Å². The van der Waals surface area contributed by atoms with Crippen LogP contribution in [0.25, 0.3) is 0 Å². The molecule has 0 heterocycles. The Morgan fingerprint density at radius 3 is 2.50 bits per heavy atom. The summed E-state index contributed by atoms with van der Waals surface area (Å²) in [6.45, 7) is 4.17. The van der Waals surface area contributed by atoms with Crippen molar-refractivity contribution < 1.29 is 14.6 Å². The first-order valence-corrected chi connectivity index (χ1v) is 4.69. The lowest BCUT2D eigenvalue weighted by molar-refractivity contribution is -0.147. The second-order valence-electron chi connectivity index (χ2n) is 2.42. The molecule has 0 saturated carbocycles. The topological polar surface area (TPSA) is 49.8 Å². The molecular formula is C7H14INO3. The minimum atomic E-state index is -0.714. The SMILES string of the molecule is CCN(I)[C@H](C(=O)OC)[C@@H](C)O. The molecule has 0 radical (unpaired) electrons. The van der Waals surface area contributed by atoms with Crippen LogP contribution < -0.4 is 0 Å². The second-order valence-corrected chi connectivity index (χ2v) is 3.66. The van der Waals surface area contributed by atoms with Crippen molar-refractivity contribution in [2.45, 2.75) is 26.0 Å². The van der Waals surface area contributed by atoms with Crippen LogP contribution in [0, 0.1) is 0 Å². The summed E-state index contributed by atoms with van der Waals surface area (Å²) in [5, 5.41) is 9.27. The maximum absolute atomic E-state index is 11.1. The number of hydrogen-bond donors (Lipinski definition) is 1. The zero-order valence-electron chi connectivity index (χ0n) is 7.45. The summed E-state index contributed by atoms with van der Waals surface area (Å²) < 4.78 is 6.27. The number of likely N-dealkylation sites (N-methyl/N-ethyl adjacent to an activating group) is 1. The van der Waals surface area contributed by atoms with Crippen molar-refractivity contribution in [2.75, 3.05) is 13.7 Å². The number of aliphatic hydroxyl groups excluding tert-OH is 1. The number of methoxy groups -OCH3 is 1. The highest BCUT2D eigenvalue weighted by molar-refractivity contribution is 14.1. The number of carbonyl (C=O) groups is 1. The van der Waals surface area contributed by atoms with E-state index in [4.69, 9.17) is 0 Å². The average Bonchev–Trinajstić information content (AvgIpc) is 2.03. The van der Waals surface area contributed by atoms with Gasteiger partial charge in [0.05, 0.1) is 13.2 Å². The minimum Gasteiger partial charge on any atom is -0.468 e. The molecule has 72 valence electrons. The number of rotatable bonds is 4. The van der Waals surface area contributed by atoms with Crippen molar-refractivity contribution in [1.29, 1.82) is 0 Å². The van der Waals surface area contributed by atoms with Crippen LogP contribution >= 0.6 is 22.9 Å². The van der Waals surface area contributed by atoms with E-state index in [1.807, 2.05) is 29.8 Å². The lowest BCUT2D eigenvalue weighted by Crippen LogP contribution is -2.43. The summed E-state index contributed by atoms with van der Waals surface area (Å²) in [6, 6.07) is -0.569. The molecule has 0 aliphatic heterocycles. The van der Waals surface area contributed by atoms with E-state index in [-0.39, 0.29) is 0 Å². The summed E-state index contributed by atoms with van der Waals surface area (Å²) in [7, 11) is 1.32. The van der Waals surface area contributed by atoms with Gasteiger partial charge in [0.2, 0.25) is 0 Å². The number of aliphatic hydroxyl groups is 1. The lowest BCUT2D eigenvalue weighted by atomic mass is 10.2. The van der Waals surface area contributed by atoms with Gasteiger partial charge in [0.1, 0.15) is 6.04 Å². The van der Waals surface area contributed by atoms with E-state index in [2.05, 4.69) is 4.74 Å². The van der Waals surface area contributed by atoms with Gasteiger partial charge in [-0.2, -0.15) is 0 Å². The highest BCUT2D eigenvalue weighted by Crippen LogP contribution is 2.11. The van der Waals surface area contributed by atoms with E-state index < -0.39 is 18.1 Å². The Balaban J connectivity index is 4.32. The smallest absolute Gasteiger partial charge is 0.326 e. The van der Waals surface area contributed by atoms with Gasteiger partial charge in [-0.3, -0.25) is 4.79 Å². The van der Waals surface area contributed by atoms with Gasteiger partial charge in [0, 0.05) is 29.4 Å². The molecule has 5 heteroatoms. The normalized spacial score (nSPS) is 15.8. The molecule has 0 spiro atoms. The summed E-state index contributed by atoms with van der Waals surface area (Å²) in [4.78, 5) is 11.1. The molecule has 0 bridgehead atoms. The van der Waals surface area contributed by atoms with Crippen LogP contribution in [-0.4, -0.2) is 40.0 Å². The zero-order valence-corrected chi connectivity index (χ0v) is 9.61. The second kappa shape index (κ2) is 5.71. The van der Waals surface area contributed by atoms with Crippen molar-refractivity contribution >= 4 is 28.8 Å². The number of ether oxygens (including phenoxy) is 1. The Morgan fingerprint density at radius 1 is 1.75 bits per heavy atom. The van der Waals surface area contributed by atoms with E-state index in [0.717, 1.165) is 0 Å². The van der Waals surface area contributed by atoms with Crippen LogP contribution in [0.15, 0.2) is 0 Å². The van der Waals surface area contributed by atoms with E-state index in [1.165, 1.54) is 7.11 Å². The molecule has 0 aromatic carbocycles. The van der Waals surface area contributed by atoms with Crippen molar-refractivity contribution in [3.8, 4) is 0 Å². The fourth-order valence-corrected chi connectivity index (χ4v) is 1.56. The van der Waals surface area contributed by atoms with Gasteiger partial charge in [-0.05, 0) is 6.92 Å². The van der Waals surface area contributed by atoms with E-state index in [9.17, 15) is 9.90 Å². The quantitative estimate of drug-likeness (QED) is 0.467. The monoisotopic (exact) mass is 287 g/mol. The molecule has 0 fully saturated rings. The molecule has 0 aliphatic carbocycles. The van der Waals surface area contributed by atoms with Gasteiger partial charge in [-0.1, -0.05) is 6.92 Å². The summed E-state index contributed by atoms with van der Waals surface area (Å²) >= 11 is 1.99. The standard InChI is InChI=1S/C7H14INO3/c1-4-9(8)6(5(2)10)7(11)12-3/h5-6,10H,4H2,1-3H3/t5-,6+/m1/s1. The van der Waals surface area contributed by atoms with Crippen LogP contribution in [0.4, 0.5) is 0 Å². The van der Waals surface area contributed by atoms with Crippen molar-refractivity contribution in [3.63, 3.8) is 0 Å². The third kappa shape index (κ3) is 3.24. The Hall–Kier alpha value is 0.120. The van der Waals surface area contributed by atoms with Gasteiger partial charge >= 0.3 is 5.97 Å². The van der Waals surface area contributed by atoms with Gasteiger partial charge < -0.3 is 9.84 Å². The molecule has 0 amide bonds. The van der Waals surface area contributed by atoms with Crippen LogP contribution in [0.2, 0.25) is 0 Å². The fourth-order valence-electron chi connectivity index (χ4n) is 0.863. The Labute approximate surface area is 86.4 Å². The van der Waals surface area contributed by atoms with Crippen LogP contribution in [-0.2, 0) is 9.53 Å². The first-order chi connectivity index (χ1) is 5.54. The average molecular weight is 287 g/mol. The summed E-state index contributed by atoms with van der Waals surface area (Å²) in [6.07, 6.45) is -0.714. The highest BCUT2D eigenvalue weighted by atomic mass is 127. The predicted octanol–water partition coefficient (Wildman–Crippen LogP) is 0.581. The molecule has 0 unspecified atom stereocenters. The predicted molar refractivity (Wildman–Crippen MR) is 53.9 cm³/mol. The van der Waals surface area contributed by atoms with Gasteiger partial charge in [-0.15, -0.1) is 0 Å². The summed E-state index contributed by atoms with van der Waals surface area (Å²) in [5.74, 6) is -0.402. The molecule has 0 saturated heterocycles. The molecular weight excluding hydrogens is 273 g/mol. The van der Waals surface area contributed by atoms with Crippen LogP contribution in [0.3, 0.4) is 0 Å². The van der Waals surface area contributed by atoms with Crippen LogP contribution in [0.1, 0.15) is 13.8 Å². The third-order valence-electron chi connectivity index (χ3n) is 1.50. The molecule has 0 aliphatic rings. The van der Waals surface area contributed by atoms with Gasteiger partial charge in [-0.25, -0.2) is 3.11 Å². The maximum atomic E-state index is 11.1. The van der Waals surface area contributed by atoms with Crippen molar-refractivity contribution in [1.82, 2.24) is 3.11 Å². The zero-order chi connectivity index (χ0) is 9.72. The van der Waals surface area contributed by atoms with Crippen molar-refractivity contribution in [2.24, 2.45) is 0 Å². The molecule has 0 rings (SSSR count). The Bertz CT molecular complexity index is 152. The van der Waals surface area contributed by atoms with Crippen LogP contribution in [0.5, 0.6) is 0 Å². The fraction of sp³-hybridized carbons (Fsp3) is 0.857. The number of nitrogens with zero attached hydrogens (tertiary/aromatic N) is 1.